The van der Waals surface area contributed by atoms with Crippen molar-refractivity contribution in [2.45, 2.75) is 18.5 Å². The molecule has 0 aromatic carbocycles. The highest BCUT2D eigenvalue weighted by atomic mass is 35.5. The van der Waals surface area contributed by atoms with Crippen LogP contribution in [0.1, 0.15) is 12.8 Å². The van der Waals surface area contributed by atoms with Crippen molar-refractivity contribution in [1.82, 2.24) is 5.32 Å². The number of nitrogens with one attached hydrogen (secondary N) is 1. The Hall–Kier alpha value is -0.150. The van der Waals surface area contributed by atoms with Crippen LogP contribution in [0.5, 0.6) is 0 Å². The molecule has 0 amide bonds. The van der Waals surface area contributed by atoms with Crippen molar-refractivity contribution < 1.29 is 0 Å². The summed E-state index contributed by atoms with van der Waals surface area (Å²) in [4.78, 5) is 0. The largest absolute Gasteiger partial charge is 0.316 e. The van der Waals surface area contributed by atoms with Crippen LogP contribution in [0, 0.1) is 0 Å². The molecule has 3 nitrogen and oxygen atoms in total. The van der Waals surface area contributed by atoms with E-state index in [1.54, 1.807) is 0 Å². The number of halogens is 1. The third kappa shape index (κ3) is 1.22. The molecule has 2 aliphatic heterocycles. The topological polar surface area (TPSA) is 36.8 Å². The van der Waals surface area contributed by atoms with Crippen LogP contribution in [0.2, 0.25) is 0 Å². The van der Waals surface area contributed by atoms with Crippen LogP contribution in [-0.2, 0) is 0 Å². The van der Waals surface area contributed by atoms with E-state index in [1.165, 1.54) is 0 Å². The van der Waals surface area contributed by atoms with Crippen molar-refractivity contribution in [2.75, 3.05) is 13.1 Å². The smallest absolute Gasteiger partial charge is 0.193 e. The Morgan fingerprint density at radius 3 is 2.00 bits per heavy atom. The molecular formula is C5H10ClN3. The maximum atomic E-state index is 3.98. The highest BCUT2D eigenvalue weighted by Crippen LogP contribution is 2.36. The van der Waals surface area contributed by atoms with E-state index in [9.17, 15) is 0 Å². The molecule has 0 aliphatic carbocycles. The van der Waals surface area contributed by atoms with Gasteiger partial charge in [-0.1, -0.05) is 0 Å². The van der Waals surface area contributed by atoms with E-state index in [-0.39, 0.29) is 18.1 Å². The summed E-state index contributed by atoms with van der Waals surface area (Å²) in [7, 11) is 0. The van der Waals surface area contributed by atoms with Crippen LogP contribution < -0.4 is 5.32 Å². The second-order valence-corrected chi connectivity index (χ2v) is 2.43. The Morgan fingerprint density at radius 2 is 1.67 bits per heavy atom. The molecule has 2 rings (SSSR count). The second kappa shape index (κ2) is 2.23. The molecule has 0 atom stereocenters. The molecule has 0 aromatic rings. The van der Waals surface area contributed by atoms with Crippen LogP contribution in [0.3, 0.4) is 0 Å². The average Bonchev–Trinajstić information content (AvgIpc) is 2.52. The van der Waals surface area contributed by atoms with Crippen molar-refractivity contribution in [2.24, 2.45) is 10.2 Å². The monoisotopic (exact) mass is 147 g/mol. The van der Waals surface area contributed by atoms with Crippen molar-refractivity contribution in [3.8, 4) is 0 Å². The second-order valence-electron chi connectivity index (χ2n) is 2.43. The lowest BCUT2D eigenvalue weighted by atomic mass is 10.0. The number of hydrogen-bond donors (Lipinski definition) is 1. The number of rotatable bonds is 0. The van der Waals surface area contributed by atoms with Gasteiger partial charge in [-0.2, -0.15) is 10.2 Å². The molecule has 0 aromatic heterocycles. The van der Waals surface area contributed by atoms with E-state index in [0.717, 1.165) is 25.9 Å². The fourth-order valence-electron chi connectivity index (χ4n) is 1.10. The first-order valence-electron chi connectivity index (χ1n) is 3.06. The molecule has 0 bridgehead atoms. The number of nitrogens with zero attached hydrogens (tertiary/aromatic N) is 2. The Morgan fingerprint density at radius 1 is 1.11 bits per heavy atom. The summed E-state index contributed by atoms with van der Waals surface area (Å²) in [6.07, 6.45) is 2.24. The van der Waals surface area contributed by atoms with Crippen molar-refractivity contribution >= 4 is 12.4 Å². The summed E-state index contributed by atoms with van der Waals surface area (Å²) < 4.78 is 0. The van der Waals surface area contributed by atoms with Gasteiger partial charge in [-0.15, -0.1) is 12.4 Å². The minimum absolute atomic E-state index is 0. The zero-order valence-electron chi connectivity index (χ0n) is 5.13. The molecule has 1 N–H and O–H groups in total. The first-order chi connectivity index (χ1) is 3.91. The first kappa shape index (κ1) is 6.96. The highest BCUT2D eigenvalue weighted by Gasteiger charge is 2.40. The molecule has 1 spiro atoms. The van der Waals surface area contributed by atoms with E-state index >= 15 is 0 Å². The Labute approximate surface area is 60.3 Å². The number of hydrogen-bond acceptors (Lipinski definition) is 3. The van der Waals surface area contributed by atoms with E-state index in [0.29, 0.717) is 0 Å². The summed E-state index contributed by atoms with van der Waals surface area (Å²) in [6, 6.07) is 0. The predicted octanol–water partition coefficient (Wildman–Crippen LogP) is 0.954. The Balaban J connectivity index is 0.000000405. The van der Waals surface area contributed by atoms with Crippen LogP contribution in [0.4, 0.5) is 0 Å². The SMILES string of the molecule is C1CC2(CCN1)N=N2.Cl. The van der Waals surface area contributed by atoms with Crippen LogP contribution >= 0.6 is 12.4 Å². The van der Waals surface area contributed by atoms with Gasteiger partial charge in [0.15, 0.2) is 5.66 Å². The fourth-order valence-corrected chi connectivity index (χ4v) is 1.10. The van der Waals surface area contributed by atoms with Crippen LogP contribution in [0.25, 0.3) is 0 Å². The highest BCUT2D eigenvalue weighted by molar-refractivity contribution is 5.85. The molecule has 1 fully saturated rings. The Bertz CT molecular complexity index is 120. The van der Waals surface area contributed by atoms with Gasteiger partial charge >= 0.3 is 0 Å². The van der Waals surface area contributed by atoms with Gasteiger partial charge in [0, 0.05) is 12.8 Å². The third-order valence-electron chi connectivity index (χ3n) is 1.79. The molecule has 0 saturated carbocycles. The zero-order valence-corrected chi connectivity index (χ0v) is 5.95. The van der Waals surface area contributed by atoms with Gasteiger partial charge in [0.2, 0.25) is 0 Å². The van der Waals surface area contributed by atoms with E-state index in [4.69, 9.17) is 0 Å². The molecular weight excluding hydrogens is 138 g/mol. The zero-order chi connectivity index (χ0) is 5.45. The minimum atomic E-state index is 0. The number of piperidine rings is 1. The van der Waals surface area contributed by atoms with E-state index < -0.39 is 0 Å². The molecule has 52 valence electrons. The molecule has 0 unspecified atom stereocenters. The van der Waals surface area contributed by atoms with Gasteiger partial charge in [0.25, 0.3) is 0 Å². The molecule has 2 heterocycles. The summed E-state index contributed by atoms with van der Waals surface area (Å²) >= 11 is 0. The quantitative estimate of drug-likeness (QED) is 0.544. The molecule has 1 saturated heterocycles. The average molecular weight is 148 g/mol. The maximum absolute atomic E-state index is 3.98. The van der Waals surface area contributed by atoms with Gasteiger partial charge in [-0.25, -0.2) is 0 Å². The van der Waals surface area contributed by atoms with Crippen molar-refractivity contribution in [1.29, 1.82) is 0 Å². The van der Waals surface area contributed by atoms with Crippen molar-refractivity contribution in [3.05, 3.63) is 0 Å². The lowest BCUT2D eigenvalue weighted by Gasteiger charge is -2.16. The minimum Gasteiger partial charge on any atom is -0.316 e. The summed E-state index contributed by atoms with van der Waals surface area (Å²) in [6.45, 7) is 2.18. The van der Waals surface area contributed by atoms with Gasteiger partial charge < -0.3 is 5.32 Å². The molecule has 2 aliphatic rings. The molecule has 4 heteroatoms. The molecule has 0 radical (unpaired) electrons. The van der Waals surface area contributed by atoms with Gasteiger partial charge in [-0.3, -0.25) is 0 Å². The Kier molecular flexibility index (Phi) is 1.73. The van der Waals surface area contributed by atoms with Gasteiger partial charge in [0.05, 0.1) is 0 Å². The van der Waals surface area contributed by atoms with E-state index in [2.05, 4.69) is 15.5 Å². The first-order valence-corrected chi connectivity index (χ1v) is 3.06. The third-order valence-corrected chi connectivity index (χ3v) is 1.79. The van der Waals surface area contributed by atoms with Crippen LogP contribution in [-0.4, -0.2) is 18.8 Å². The van der Waals surface area contributed by atoms with Crippen molar-refractivity contribution in [3.63, 3.8) is 0 Å². The summed E-state index contributed by atoms with van der Waals surface area (Å²) in [5.41, 5.74) is 0.116. The van der Waals surface area contributed by atoms with E-state index in [1.807, 2.05) is 0 Å². The normalized spacial score (nSPS) is 27.6. The fraction of sp³-hybridized carbons (Fsp3) is 1.00. The summed E-state index contributed by atoms with van der Waals surface area (Å²) in [5.74, 6) is 0. The van der Waals surface area contributed by atoms with Gasteiger partial charge in [-0.05, 0) is 13.1 Å². The van der Waals surface area contributed by atoms with Crippen LogP contribution in [0.15, 0.2) is 10.2 Å². The van der Waals surface area contributed by atoms with Gasteiger partial charge in [0.1, 0.15) is 0 Å². The standard InChI is InChI=1S/C5H9N3.ClH/c1-3-6-4-2-5(1)7-8-5;/h6H,1-4H2;1H. The summed E-state index contributed by atoms with van der Waals surface area (Å²) in [5, 5.41) is 11.2. The lowest BCUT2D eigenvalue weighted by Crippen LogP contribution is -2.32. The lowest BCUT2D eigenvalue weighted by molar-refractivity contribution is 0.413. The maximum Gasteiger partial charge on any atom is 0.193 e. The predicted molar refractivity (Wildman–Crippen MR) is 36.9 cm³/mol. The molecule has 9 heavy (non-hydrogen) atoms.